The number of ether oxygens (including phenoxy) is 1. The molecule has 0 aromatic heterocycles. The maximum atomic E-state index is 11.7. The Morgan fingerprint density at radius 1 is 1.56 bits per heavy atom. The minimum Gasteiger partial charge on any atom is -0.399 e. The summed E-state index contributed by atoms with van der Waals surface area (Å²) in [6.07, 6.45) is -0.659. The third-order valence-electron chi connectivity index (χ3n) is 2.48. The number of nitrogens with one attached hydrogen (secondary N) is 1. The number of morpholine rings is 1. The number of carbonyl (C=O) groups excluding carboxylic acids is 1. The molecule has 1 aliphatic rings. The van der Waals surface area contributed by atoms with Crippen molar-refractivity contribution in [3.8, 4) is 0 Å². The summed E-state index contributed by atoms with van der Waals surface area (Å²) in [5.74, 6) is -0.162. The molecule has 86 valence electrons. The quantitative estimate of drug-likeness (QED) is 0.732. The largest absolute Gasteiger partial charge is 0.399 e. The molecule has 0 spiro atoms. The lowest BCUT2D eigenvalue weighted by molar-refractivity contribution is -0.143. The van der Waals surface area contributed by atoms with Gasteiger partial charge in [0.05, 0.1) is 6.10 Å². The third kappa shape index (κ3) is 2.13. The van der Waals surface area contributed by atoms with Gasteiger partial charge in [0.15, 0.2) is 6.10 Å². The minimum atomic E-state index is -0.642. The van der Waals surface area contributed by atoms with Crippen molar-refractivity contribution in [3.05, 3.63) is 28.8 Å². The molecule has 2 atom stereocenters. The summed E-state index contributed by atoms with van der Waals surface area (Å²) < 4.78 is 5.57. The van der Waals surface area contributed by atoms with Gasteiger partial charge in [0.2, 0.25) is 0 Å². The number of nitrogens with two attached hydrogens (primary N) is 1. The van der Waals surface area contributed by atoms with E-state index in [0.29, 0.717) is 22.8 Å². The summed E-state index contributed by atoms with van der Waals surface area (Å²) in [6, 6.07) is 5.05. The molecule has 0 aliphatic carbocycles. The molecule has 0 saturated carbocycles. The van der Waals surface area contributed by atoms with E-state index in [4.69, 9.17) is 22.1 Å². The van der Waals surface area contributed by atoms with Crippen LogP contribution in [0.25, 0.3) is 0 Å². The van der Waals surface area contributed by atoms with Crippen molar-refractivity contribution >= 4 is 23.2 Å². The van der Waals surface area contributed by atoms with E-state index in [9.17, 15) is 4.79 Å². The Balaban J connectivity index is 2.31. The number of rotatable bonds is 1. The van der Waals surface area contributed by atoms with Crippen LogP contribution in [0.4, 0.5) is 5.69 Å². The fourth-order valence-electron chi connectivity index (χ4n) is 1.65. The summed E-state index contributed by atoms with van der Waals surface area (Å²) in [7, 11) is 0. The van der Waals surface area contributed by atoms with E-state index in [0.717, 1.165) is 0 Å². The summed E-state index contributed by atoms with van der Waals surface area (Å²) >= 11 is 6.04. The van der Waals surface area contributed by atoms with E-state index in [2.05, 4.69) is 5.32 Å². The predicted molar refractivity (Wildman–Crippen MR) is 62.2 cm³/mol. The first kappa shape index (κ1) is 11.2. The van der Waals surface area contributed by atoms with Gasteiger partial charge in [-0.1, -0.05) is 17.7 Å². The highest BCUT2D eigenvalue weighted by molar-refractivity contribution is 6.31. The van der Waals surface area contributed by atoms with Crippen LogP contribution in [0.3, 0.4) is 0 Å². The molecule has 4 nitrogen and oxygen atoms in total. The van der Waals surface area contributed by atoms with Crippen molar-refractivity contribution < 1.29 is 9.53 Å². The van der Waals surface area contributed by atoms with Gasteiger partial charge < -0.3 is 15.8 Å². The average molecular weight is 241 g/mol. The molecule has 1 aromatic rings. The number of hydrogen-bond donors (Lipinski definition) is 2. The Morgan fingerprint density at radius 3 is 3.00 bits per heavy atom. The molecule has 1 heterocycles. The third-order valence-corrected chi connectivity index (χ3v) is 2.80. The highest BCUT2D eigenvalue weighted by Gasteiger charge is 2.29. The van der Waals surface area contributed by atoms with Crippen LogP contribution in [0.5, 0.6) is 0 Å². The number of carbonyl (C=O) groups is 1. The van der Waals surface area contributed by atoms with Crippen molar-refractivity contribution in [2.45, 2.75) is 19.1 Å². The van der Waals surface area contributed by atoms with Crippen molar-refractivity contribution in [2.75, 3.05) is 12.3 Å². The smallest absolute Gasteiger partial charge is 0.253 e. The Bertz CT molecular complexity index is 422. The first-order valence-electron chi connectivity index (χ1n) is 5.06. The molecule has 2 unspecified atom stereocenters. The van der Waals surface area contributed by atoms with Gasteiger partial charge in [0.1, 0.15) is 0 Å². The molecule has 2 rings (SSSR count). The van der Waals surface area contributed by atoms with Crippen molar-refractivity contribution in [2.24, 2.45) is 0 Å². The zero-order chi connectivity index (χ0) is 11.7. The Hall–Kier alpha value is -1.26. The topological polar surface area (TPSA) is 64.4 Å². The van der Waals surface area contributed by atoms with E-state index in [1.807, 2.05) is 6.92 Å². The van der Waals surface area contributed by atoms with E-state index in [-0.39, 0.29) is 12.0 Å². The Kier molecular flexibility index (Phi) is 3.03. The van der Waals surface area contributed by atoms with Crippen LogP contribution >= 0.6 is 11.6 Å². The molecule has 1 fully saturated rings. The molecule has 1 aliphatic heterocycles. The van der Waals surface area contributed by atoms with Crippen molar-refractivity contribution in [3.63, 3.8) is 0 Å². The fraction of sp³-hybridized carbons (Fsp3) is 0.364. The van der Waals surface area contributed by atoms with Crippen LogP contribution in [0.2, 0.25) is 5.02 Å². The zero-order valence-electron chi connectivity index (χ0n) is 8.87. The molecular formula is C11H13ClN2O2. The average Bonchev–Trinajstić information content (AvgIpc) is 2.22. The maximum absolute atomic E-state index is 11.7. The second-order valence-electron chi connectivity index (χ2n) is 3.85. The van der Waals surface area contributed by atoms with Crippen LogP contribution in [-0.2, 0) is 9.53 Å². The lowest BCUT2D eigenvalue weighted by atomic mass is 10.1. The van der Waals surface area contributed by atoms with E-state index >= 15 is 0 Å². The van der Waals surface area contributed by atoms with Crippen LogP contribution in [0.1, 0.15) is 18.6 Å². The molecule has 1 saturated heterocycles. The van der Waals surface area contributed by atoms with E-state index in [1.54, 1.807) is 18.2 Å². The van der Waals surface area contributed by atoms with Crippen LogP contribution in [0, 0.1) is 0 Å². The second kappa shape index (κ2) is 4.31. The lowest BCUT2D eigenvalue weighted by Crippen LogP contribution is -2.43. The lowest BCUT2D eigenvalue weighted by Gasteiger charge is -2.28. The fourth-order valence-corrected chi connectivity index (χ4v) is 1.94. The summed E-state index contributed by atoms with van der Waals surface area (Å²) in [5, 5.41) is 3.22. The molecule has 0 radical (unpaired) electrons. The van der Waals surface area contributed by atoms with Gasteiger partial charge in [-0.15, -0.1) is 0 Å². The van der Waals surface area contributed by atoms with Gasteiger partial charge in [0.25, 0.3) is 5.91 Å². The standard InChI is InChI=1S/C11H13ClN2O2/c1-6-5-14-11(15)10(16-6)8-3-2-7(13)4-9(8)12/h2-4,6,10H,5,13H2,1H3,(H,14,15). The van der Waals surface area contributed by atoms with Gasteiger partial charge in [-0.3, -0.25) is 4.79 Å². The van der Waals surface area contributed by atoms with E-state index < -0.39 is 6.10 Å². The SMILES string of the molecule is CC1CNC(=O)C(c2ccc(N)cc2Cl)O1. The van der Waals surface area contributed by atoms with Gasteiger partial charge >= 0.3 is 0 Å². The van der Waals surface area contributed by atoms with Crippen molar-refractivity contribution in [1.82, 2.24) is 5.32 Å². The first-order chi connectivity index (χ1) is 7.58. The maximum Gasteiger partial charge on any atom is 0.253 e. The number of benzene rings is 1. The van der Waals surface area contributed by atoms with Gasteiger partial charge in [-0.25, -0.2) is 0 Å². The number of hydrogen-bond acceptors (Lipinski definition) is 3. The van der Waals surface area contributed by atoms with Gasteiger partial charge in [-0.2, -0.15) is 0 Å². The Morgan fingerprint density at radius 2 is 2.31 bits per heavy atom. The molecule has 3 N–H and O–H groups in total. The number of nitrogen functional groups attached to an aromatic ring is 1. The number of anilines is 1. The molecule has 16 heavy (non-hydrogen) atoms. The highest BCUT2D eigenvalue weighted by Crippen LogP contribution is 2.29. The summed E-state index contributed by atoms with van der Waals surface area (Å²) in [6.45, 7) is 2.43. The van der Waals surface area contributed by atoms with Crippen molar-refractivity contribution in [1.29, 1.82) is 0 Å². The normalized spacial score (nSPS) is 25.2. The highest BCUT2D eigenvalue weighted by atomic mass is 35.5. The molecular weight excluding hydrogens is 228 g/mol. The van der Waals surface area contributed by atoms with Crippen LogP contribution in [-0.4, -0.2) is 18.6 Å². The monoisotopic (exact) mass is 240 g/mol. The number of amides is 1. The second-order valence-corrected chi connectivity index (χ2v) is 4.26. The van der Waals surface area contributed by atoms with Gasteiger partial charge in [0, 0.05) is 22.8 Å². The molecule has 1 amide bonds. The zero-order valence-corrected chi connectivity index (χ0v) is 9.62. The van der Waals surface area contributed by atoms with E-state index in [1.165, 1.54) is 0 Å². The molecule has 0 bridgehead atoms. The van der Waals surface area contributed by atoms with Crippen LogP contribution in [0.15, 0.2) is 18.2 Å². The van der Waals surface area contributed by atoms with Crippen LogP contribution < -0.4 is 11.1 Å². The van der Waals surface area contributed by atoms with Gasteiger partial charge in [-0.05, 0) is 19.1 Å². The predicted octanol–water partition coefficient (Wildman–Crippen LogP) is 1.50. The Labute approximate surface area is 98.7 Å². The summed E-state index contributed by atoms with van der Waals surface area (Å²) in [5.41, 5.74) is 6.81. The number of halogens is 1. The molecule has 1 aromatic carbocycles. The summed E-state index contributed by atoms with van der Waals surface area (Å²) in [4.78, 5) is 11.7. The first-order valence-corrected chi connectivity index (χ1v) is 5.44. The molecule has 5 heteroatoms. The minimum absolute atomic E-state index is 0.0173.